The molecule has 312 valence electrons. The van der Waals surface area contributed by atoms with Crippen LogP contribution in [0.3, 0.4) is 0 Å². The molecule has 0 heterocycles. The number of carboxylic acid groups (broad SMARTS) is 1. The van der Waals surface area contributed by atoms with Crippen LogP contribution in [0.25, 0.3) is 0 Å². The molecule has 0 aliphatic rings. The van der Waals surface area contributed by atoms with Crippen molar-refractivity contribution in [1.29, 1.82) is 0 Å². The molecule has 0 spiro atoms. The molecule has 0 bridgehead atoms. The van der Waals surface area contributed by atoms with Gasteiger partial charge in [-0.25, -0.2) is 21.6 Å². The minimum absolute atomic E-state index is 0.131. The molecule has 0 unspecified atom stereocenters. The van der Waals surface area contributed by atoms with Gasteiger partial charge in [0.25, 0.3) is 5.91 Å². The second-order valence-corrected chi connectivity index (χ2v) is 21.0. The number of hydrogen-bond donors (Lipinski definition) is 5. The number of carbonyl (C=O) groups is 2. The molecule has 0 radical (unpaired) electrons. The molecular weight excluding hydrogens is 998 g/mol. The Balaban J connectivity index is 0.000000329. The molecule has 4 aromatic carbocycles. The van der Waals surface area contributed by atoms with E-state index in [-0.39, 0.29) is 28.2 Å². The third-order valence-corrected chi connectivity index (χ3v) is 11.5. The normalized spacial score (nSPS) is 11.5. The van der Waals surface area contributed by atoms with Crippen LogP contribution in [0.4, 0.5) is 22.7 Å². The number of sulfonamides is 2. The van der Waals surface area contributed by atoms with Crippen LogP contribution in [0.2, 0.25) is 0 Å². The Hall–Kier alpha value is -3.82. The highest BCUT2D eigenvalue weighted by molar-refractivity contribution is 14.1. The van der Waals surface area contributed by atoms with Crippen molar-refractivity contribution in [3.8, 4) is 11.5 Å². The topological polar surface area (TPSA) is 203 Å². The molecular formula is C40H52I2N4O9S2. The summed E-state index contributed by atoms with van der Waals surface area (Å²) >= 11 is 4.30. The minimum atomic E-state index is -3.52. The maximum Gasteiger partial charge on any atom is 0.335 e. The molecule has 0 aliphatic heterocycles. The van der Waals surface area contributed by atoms with Gasteiger partial charge in [-0.1, -0.05) is 53.7 Å². The monoisotopic (exact) mass is 1050 g/mol. The summed E-state index contributed by atoms with van der Waals surface area (Å²) in [5, 5.41) is 11.5. The van der Waals surface area contributed by atoms with Gasteiger partial charge in [0.05, 0.1) is 55.0 Å². The van der Waals surface area contributed by atoms with E-state index in [4.69, 9.17) is 20.3 Å². The largest absolute Gasteiger partial charge is 0.492 e. The van der Waals surface area contributed by atoms with Crippen molar-refractivity contribution in [2.24, 2.45) is 0 Å². The van der Waals surface area contributed by atoms with Gasteiger partial charge >= 0.3 is 5.97 Å². The molecule has 4 aromatic rings. The van der Waals surface area contributed by atoms with Crippen molar-refractivity contribution < 1.29 is 41.0 Å². The fourth-order valence-corrected chi connectivity index (χ4v) is 7.03. The number of aromatic carboxylic acids is 1. The number of nitrogen functional groups attached to an aromatic ring is 1. The lowest BCUT2D eigenvalue weighted by Crippen LogP contribution is -2.18. The van der Waals surface area contributed by atoms with Crippen molar-refractivity contribution in [3.63, 3.8) is 0 Å². The van der Waals surface area contributed by atoms with Crippen molar-refractivity contribution in [2.45, 2.75) is 66.2 Å². The molecule has 0 aliphatic carbocycles. The number of nitrogens with two attached hydrogens (primary N) is 1. The number of anilines is 4. The van der Waals surface area contributed by atoms with Gasteiger partial charge in [0, 0.05) is 12.7 Å². The number of hydrogen-bond acceptors (Lipinski definition) is 9. The van der Waals surface area contributed by atoms with Gasteiger partial charge in [-0.15, -0.1) is 0 Å². The predicted octanol–water partition coefficient (Wildman–Crippen LogP) is 8.77. The number of carboxylic acids is 1. The lowest BCUT2D eigenvalue weighted by molar-refractivity contribution is 0.0696. The van der Waals surface area contributed by atoms with E-state index in [1.54, 1.807) is 42.5 Å². The van der Waals surface area contributed by atoms with Gasteiger partial charge in [-0.05, 0) is 141 Å². The number of methoxy groups -OCH3 is 2. The van der Waals surface area contributed by atoms with Crippen LogP contribution < -0.4 is 30.0 Å². The average Bonchev–Trinajstić information content (AvgIpc) is 3.05. The number of rotatable bonds is 9. The van der Waals surface area contributed by atoms with Gasteiger partial charge in [0.1, 0.15) is 0 Å². The predicted molar refractivity (Wildman–Crippen MR) is 247 cm³/mol. The number of nitrogens with one attached hydrogen (secondary N) is 3. The SMILES string of the molecule is COc1c(N)cc(C(C)(C)C)cc1NS(C)(=O)=O.COc1c(NC(=O)c2ccc(C)c(I)c2)cc(C(C)(C)C)cc1NS(C)(=O)=O.Cc1ccc(C(=O)O)cc1I. The van der Waals surface area contributed by atoms with E-state index < -0.39 is 26.0 Å². The first-order valence-corrected chi connectivity index (χ1v) is 23.1. The second kappa shape index (κ2) is 19.8. The van der Waals surface area contributed by atoms with Crippen LogP contribution in [0.5, 0.6) is 11.5 Å². The van der Waals surface area contributed by atoms with Crippen LogP contribution in [-0.2, 0) is 30.9 Å². The lowest BCUT2D eigenvalue weighted by atomic mass is 9.86. The third kappa shape index (κ3) is 15.5. The van der Waals surface area contributed by atoms with Gasteiger partial charge in [0.15, 0.2) is 11.5 Å². The number of benzene rings is 4. The average molecular weight is 1050 g/mol. The fraction of sp³-hybridized carbons (Fsp3) is 0.350. The molecule has 17 heteroatoms. The molecule has 13 nitrogen and oxygen atoms in total. The molecule has 57 heavy (non-hydrogen) atoms. The highest BCUT2D eigenvalue weighted by Crippen LogP contribution is 2.40. The summed E-state index contributed by atoms with van der Waals surface area (Å²) in [6.45, 7) is 16.0. The zero-order chi connectivity index (χ0) is 43.8. The van der Waals surface area contributed by atoms with Gasteiger partial charge < -0.3 is 25.6 Å². The van der Waals surface area contributed by atoms with Gasteiger partial charge in [0.2, 0.25) is 20.0 Å². The molecule has 4 rings (SSSR count). The summed E-state index contributed by atoms with van der Waals surface area (Å²) in [5.41, 5.74) is 11.8. The second-order valence-electron chi connectivity index (χ2n) is 15.2. The van der Waals surface area contributed by atoms with E-state index in [9.17, 15) is 26.4 Å². The smallest absolute Gasteiger partial charge is 0.335 e. The highest BCUT2D eigenvalue weighted by Gasteiger charge is 2.23. The van der Waals surface area contributed by atoms with E-state index in [1.807, 2.05) is 73.6 Å². The Morgan fingerprint density at radius 1 is 0.649 bits per heavy atom. The zero-order valence-electron chi connectivity index (χ0n) is 34.1. The minimum Gasteiger partial charge on any atom is -0.492 e. The van der Waals surface area contributed by atoms with Gasteiger partial charge in [-0.2, -0.15) is 0 Å². The van der Waals surface area contributed by atoms with Crippen molar-refractivity contribution in [3.05, 3.63) is 101 Å². The van der Waals surface area contributed by atoms with E-state index in [2.05, 4.69) is 59.9 Å². The Morgan fingerprint density at radius 3 is 1.42 bits per heavy atom. The van der Waals surface area contributed by atoms with Crippen LogP contribution in [0.15, 0.2) is 60.7 Å². The molecule has 0 saturated carbocycles. The number of carbonyl (C=O) groups excluding carboxylic acids is 1. The molecule has 0 fully saturated rings. The first-order chi connectivity index (χ1) is 26.0. The molecule has 0 aromatic heterocycles. The summed E-state index contributed by atoms with van der Waals surface area (Å²) < 4.78 is 63.7. The summed E-state index contributed by atoms with van der Waals surface area (Å²) in [6.07, 6.45) is 2.16. The summed E-state index contributed by atoms with van der Waals surface area (Å²) in [5.74, 6) is -0.572. The van der Waals surface area contributed by atoms with E-state index in [0.717, 1.165) is 41.9 Å². The van der Waals surface area contributed by atoms with E-state index in [1.165, 1.54) is 14.2 Å². The quantitative estimate of drug-likeness (QED) is 0.0797. The molecule has 0 atom stereocenters. The first-order valence-electron chi connectivity index (χ1n) is 17.2. The highest BCUT2D eigenvalue weighted by atomic mass is 127. The summed E-state index contributed by atoms with van der Waals surface area (Å²) in [7, 11) is -4.01. The van der Waals surface area contributed by atoms with Crippen LogP contribution >= 0.6 is 45.2 Å². The van der Waals surface area contributed by atoms with Gasteiger partial charge in [-0.3, -0.25) is 14.2 Å². The number of halogens is 2. The Kier molecular flexibility index (Phi) is 17.1. The zero-order valence-corrected chi connectivity index (χ0v) is 40.1. The van der Waals surface area contributed by atoms with Crippen LogP contribution in [0.1, 0.15) is 84.5 Å². The van der Waals surface area contributed by atoms with E-state index >= 15 is 0 Å². The molecule has 0 saturated heterocycles. The number of aryl methyl sites for hydroxylation is 2. The Bertz CT molecular complexity index is 2340. The maximum atomic E-state index is 12.8. The standard InChI is InChI=1S/C20H25IN2O4S.C12H20N2O3S.C8H7IO2/c1-12-7-8-13(9-15(12)21)19(24)22-16-10-14(20(2,3)4)11-17(18(16)27-5)23-28(6,25)26;1-12(2,3)8-6-9(13)11(17-4)10(7-8)14-18(5,15)16;1-5-2-3-6(8(10)11)4-7(5)9/h7-11,23H,1-6H3,(H,22,24);6-7,14H,13H2,1-5H3;2-4H,1H3,(H,10,11). The lowest BCUT2D eigenvalue weighted by Gasteiger charge is -2.24. The summed E-state index contributed by atoms with van der Waals surface area (Å²) in [4.78, 5) is 23.3. The number of ether oxygens (including phenoxy) is 2. The van der Waals surface area contributed by atoms with Crippen LogP contribution in [-0.4, -0.2) is 60.5 Å². The maximum absolute atomic E-state index is 12.8. The third-order valence-electron chi connectivity index (χ3n) is 8.04. The number of amides is 1. The van der Waals surface area contributed by atoms with Crippen molar-refractivity contribution >= 4 is 99.9 Å². The molecule has 6 N–H and O–H groups in total. The fourth-order valence-electron chi connectivity index (χ4n) is 4.89. The first kappa shape index (κ1) is 49.3. The van der Waals surface area contributed by atoms with Crippen molar-refractivity contribution in [2.75, 3.05) is 47.2 Å². The van der Waals surface area contributed by atoms with Crippen molar-refractivity contribution in [1.82, 2.24) is 0 Å². The molecule has 1 amide bonds. The van der Waals surface area contributed by atoms with Crippen LogP contribution in [0, 0.1) is 21.0 Å². The van der Waals surface area contributed by atoms with E-state index in [0.29, 0.717) is 33.9 Å². The Morgan fingerprint density at radius 2 is 1.04 bits per heavy atom. The Labute approximate surface area is 364 Å². The summed E-state index contributed by atoms with van der Waals surface area (Å²) in [6, 6.07) is 17.6.